The van der Waals surface area contributed by atoms with Gasteiger partial charge in [-0.15, -0.1) is 0 Å². The molecule has 0 bridgehead atoms. The first kappa shape index (κ1) is 28.6. The highest BCUT2D eigenvalue weighted by Crippen LogP contribution is 2.35. The summed E-state index contributed by atoms with van der Waals surface area (Å²) < 4.78 is 38.5. The summed E-state index contributed by atoms with van der Waals surface area (Å²) in [5.41, 5.74) is 2.59. The predicted molar refractivity (Wildman–Crippen MR) is 157 cm³/mol. The molecule has 0 unspecified atom stereocenters. The van der Waals surface area contributed by atoms with Crippen LogP contribution in [0.4, 0.5) is 11.4 Å². The molecule has 2 amide bonds. The lowest BCUT2D eigenvalue weighted by molar-refractivity contribution is -0.121. The Morgan fingerprint density at radius 1 is 0.976 bits per heavy atom. The number of hydrogen-bond donors (Lipinski definition) is 1. The van der Waals surface area contributed by atoms with Crippen molar-refractivity contribution >= 4 is 33.2 Å². The molecule has 0 spiro atoms. The average Bonchev–Trinajstić information content (AvgIpc) is 3.50. The molecule has 0 saturated carbocycles. The summed E-state index contributed by atoms with van der Waals surface area (Å²) in [5, 5.41) is 2.83. The molecule has 216 valence electrons. The van der Waals surface area contributed by atoms with Gasteiger partial charge in [-0.3, -0.25) is 9.59 Å². The number of carbonyl (C=O) groups excluding carboxylic acids is 2. The third kappa shape index (κ3) is 6.39. The van der Waals surface area contributed by atoms with Crippen LogP contribution in [0.5, 0.6) is 11.5 Å². The van der Waals surface area contributed by atoms with Gasteiger partial charge < -0.3 is 19.7 Å². The van der Waals surface area contributed by atoms with E-state index in [-0.39, 0.29) is 29.4 Å². The molecule has 1 fully saturated rings. The number of nitrogens with one attached hydrogen (secondary N) is 1. The van der Waals surface area contributed by atoms with Crippen LogP contribution in [0.15, 0.2) is 71.6 Å². The molecule has 3 aromatic carbocycles. The van der Waals surface area contributed by atoms with E-state index in [1.54, 1.807) is 23.1 Å². The molecule has 2 aliphatic rings. The molecule has 10 heteroatoms. The smallest absolute Gasteiger partial charge is 0.265 e. The second-order valence-corrected chi connectivity index (χ2v) is 13.2. The maximum absolute atomic E-state index is 13.0. The van der Waals surface area contributed by atoms with Gasteiger partial charge in [-0.1, -0.05) is 32.9 Å². The molecule has 0 radical (unpaired) electrons. The lowest BCUT2D eigenvalue weighted by Crippen LogP contribution is -2.41. The minimum atomic E-state index is -3.56. The largest absolute Gasteiger partial charge is 0.492 e. The van der Waals surface area contributed by atoms with Crippen molar-refractivity contribution in [3.63, 3.8) is 0 Å². The first-order valence-electron chi connectivity index (χ1n) is 13.7. The highest BCUT2D eigenvalue weighted by atomic mass is 32.2. The van der Waals surface area contributed by atoms with Crippen molar-refractivity contribution in [3.05, 3.63) is 77.9 Å². The zero-order chi connectivity index (χ0) is 29.2. The molecule has 1 saturated heterocycles. The molecular formula is C31H35N3O6S. The molecule has 1 N–H and O–H groups in total. The van der Waals surface area contributed by atoms with Crippen LogP contribution in [0.1, 0.15) is 49.5 Å². The minimum Gasteiger partial charge on any atom is -0.492 e. The van der Waals surface area contributed by atoms with Crippen molar-refractivity contribution in [1.82, 2.24) is 4.31 Å². The molecule has 0 atom stereocenters. The molecule has 9 nitrogen and oxygen atoms in total. The van der Waals surface area contributed by atoms with Gasteiger partial charge in [-0.2, -0.15) is 4.31 Å². The maximum atomic E-state index is 13.0. The van der Waals surface area contributed by atoms with Gasteiger partial charge in [0.15, 0.2) is 6.61 Å². The van der Waals surface area contributed by atoms with E-state index in [9.17, 15) is 18.0 Å². The fourth-order valence-corrected chi connectivity index (χ4v) is 6.41. The van der Waals surface area contributed by atoms with Gasteiger partial charge in [-0.25, -0.2) is 8.42 Å². The Balaban J connectivity index is 1.24. The van der Waals surface area contributed by atoms with Crippen molar-refractivity contribution < 1.29 is 27.5 Å². The average molecular weight is 578 g/mol. The van der Waals surface area contributed by atoms with Crippen LogP contribution < -0.4 is 19.7 Å². The number of anilines is 2. The number of hydrogen-bond acceptors (Lipinski definition) is 6. The molecule has 0 aromatic heterocycles. The third-order valence-corrected chi connectivity index (χ3v) is 9.20. The number of ether oxygens (including phenoxy) is 2. The number of carbonyl (C=O) groups is 2. The Morgan fingerprint density at radius 3 is 2.32 bits per heavy atom. The number of sulfonamides is 1. The van der Waals surface area contributed by atoms with E-state index in [1.165, 1.54) is 34.1 Å². The normalized spacial score (nSPS) is 15.8. The van der Waals surface area contributed by atoms with E-state index in [4.69, 9.17) is 9.47 Å². The van der Waals surface area contributed by atoms with E-state index < -0.39 is 15.9 Å². The van der Waals surface area contributed by atoms with E-state index in [0.717, 1.165) is 18.6 Å². The summed E-state index contributed by atoms with van der Waals surface area (Å²) in [6.45, 7) is 8.00. The number of nitrogens with zero attached hydrogens (tertiary/aromatic N) is 2. The zero-order valence-electron chi connectivity index (χ0n) is 23.6. The Hall–Kier alpha value is -3.89. The minimum absolute atomic E-state index is 0.0486. The van der Waals surface area contributed by atoms with Crippen molar-refractivity contribution in [2.75, 3.05) is 43.1 Å². The monoisotopic (exact) mass is 577 g/mol. The lowest BCUT2D eigenvalue weighted by Gasteiger charge is -2.29. The Labute approximate surface area is 241 Å². The van der Waals surface area contributed by atoms with Crippen LogP contribution in [-0.2, 0) is 20.2 Å². The molecule has 5 rings (SSSR count). The second kappa shape index (κ2) is 11.5. The van der Waals surface area contributed by atoms with Gasteiger partial charge in [0.05, 0.1) is 17.1 Å². The fraction of sp³-hybridized carbons (Fsp3) is 0.355. The summed E-state index contributed by atoms with van der Waals surface area (Å²) in [4.78, 5) is 27.4. The van der Waals surface area contributed by atoms with Crippen LogP contribution >= 0.6 is 0 Å². The summed E-state index contributed by atoms with van der Waals surface area (Å²) in [5.74, 6) is 0.655. The van der Waals surface area contributed by atoms with Crippen LogP contribution in [0, 0.1) is 0 Å². The fourth-order valence-electron chi connectivity index (χ4n) is 4.89. The number of fused-ring (bicyclic) bond motifs is 1. The Kier molecular flexibility index (Phi) is 8.06. The molecule has 2 aliphatic heterocycles. The number of rotatable bonds is 8. The number of benzene rings is 3. The van der Waals surface area contributed by atoms with Gasteiger partial charge in [0, 0.05) is 24.3 Å². The van der Waals surface area contributed by atoms with Crippen LogP contribution in [0.3, 0.4) is 0 Å². The summed E-state index contributed by atoms with van der Waals surface area (Å²) >= 11 is 0. The molecule has 3 aromatic rings. The predicted octanol–water partition coefficient (Wildman–Crippen LogP) is 4.83. The lowest BCUT2D eigenvalue weighted by atomic mass is 9.87. The SMILES string of the molecule is CC(C)(C)c1ccc(OCCN2C(=O)COc3ccc(NC(=O)c4ccc(S(=O)(=O)N5CCCC5)cc4)cc32)cc1. The van der Waals surface area contributed by atoms with Gasteiger partial charge >= 0.3 is 0 Å². The van der Waals surface area contributed by atoms with Crippen LogP contribution in [-0.4, -0.2) is 57.4 Å². The summed E-state index contributed by atoms with van der Waals surface area (Å²) in [6, 6.07) is 19.0. The van der Waals surface area contributed by atoms with E-state index in [2.05, 4.69) is 26.1 Å². The maximum Gasteiger partial charge on any atom is 0.265 e. The Morgan fingerprint density at radius 2 is 1.66 bits per heavy atom. The van der Waals surface area contributed by atoms with E-state index >= 15 is 0 Å². The standard InChI is InChI=1S/C31H35N3O6S/c1-31(2,3)23-8-11-25(12-9-23)39-19-18-34-27-20-24(10-15-28(27)40-21-29(34)35)32-30(36)22-6-13-26(14-7-22)41(37,38)33-16-4-5-17-33/h6-15,20H,4-5,16-19,21H2,1-3H3,(H,32,36). The van der Waals surface area contributed by atoms with Gasteiger partial charge in [0.25, 0.3) is 11.8 Å². The zero-order valence-corrected chi connectivity index (χ0v) is 24.4. The van der Waals surface area contributed by atoms with E-state index in [0.29, 0.717) is 42.3 Å². The van der Waals surface area contributed by atoms with Crippen LogP contribution in [0.2, 0.25) is 0 Å². The molecular weight excluding hydrogens is 542 g/mol. The molecule has 2 heterocycles. The first-order valence-corrected chi connectivity index (χ1v) is 15.2. The number of amides is 2. The highest BCUT2D eigenvalue weighted by molar-refractivity contribution is 7.89. The molecule has 0 aliphatic carbocycles. The second-order valence-electron chi connectivity index (χ2n) is 11.2. The quantitative estimate of drug-likeness (QED) is 0.411. The molecule has 41 heavy (non-hydrogen) atoms. The van der Waals surface area contributed by atoms with Crippen LogP contribution in [0.25, 0.3) is 0 Å². The van der Waals surface area contributed by atoms with Crippen molar-refractivity contribution in [2.24, 2.45) is 0 Å². The summed E-state index contributed by atoms with van der Waals surface area (Å²) in [6.07, 6.45) is 1.71. The Bertz CT molecular complexity index is 1520. The van der Waals surface area contributed by atoms with Gasteiger partial charge in [0.2, 0.25) is 10.0 Å². The summed E-state index contributed by atoms with van der Waals surface area (Å²) in [7, 11) is -3.56. The van der Waals surface area contributed by atoms with Crippen molar-refractivity contribution in [1.29, 1.82) is 0 Å². The van der Waals surface area contributed by atoms with E-state index in [1.807, 2.05) is 24.3 Å². The van der Waals surface area contributed by atoms with Gasteiger partial charge in [0.1, 0.15) is 18.1 Å². The first-order chi connectivity index (χ1) is 19.5. The third-order valence-electron chi connectivity index (χ3n) is 7.28. The van der Waals surface area contributed by atoms with Crippen molar-refractivity contribution in [3.8, 4) is 11.5 Å². The highest BCUT2D eigenvalue weighted by Gasteiger charge is 2.28. The topological polar surface area (TPSA) is 105 Å². The van der Waals surface area contributed by atoms with Crippen molar-refractivity contribution in [2.45, 2.75) is 43.9 Å². The van der Waals surface area contributed by atoms with Gasteiger partial charge in [-0.05, 0) is 78.4 Å².